The molecular formula is C17H26BrNO. The minimum Gasteiger partial charge on any atom is -0.388 e. The first-order valence-electron chi connectivity index (χ1n) is 7.66. The lowest BCUT2D eigenvalue weighted by atomic mass is 9.64. The van der Waals surface area contributed by atoms with Gasteiger partial charge in [0.15, 0.2) is 0 Å². The number of rotatable bonds is 4. The van der Waals surface area contributed by atoms with E-state index in [1.165, 1.54) is 19.3 Å². The van der Waals surface area contributed by atoms with Gasteiger partial charge in [-0.3, -0.25) is 0 Å². The predicted molar refractivity (Wildman–Crippen MR) is 87.6 cm³/mol. The summed E-state index contributed by atoms with van der Waals surface area (Å²) in [6.45, 7) is 4.87. The smallest absolute Gasteiger partial charge is 0.0858 e. The van der Waals surface area contributed by atoms with Crippen LogP contribution in [0.2, 0.25) is 0 Å². The molecule has 3 unspecified atom stereocenters. The fourth-order valence-corrected chi connectivity index (χ4v) is 3.85. The second-order valence-corrected chi connectivity index (χ2v) is 7.20. The Morgan fingerprint density at radius 2 is 2.25 bits per heavy atom. The molecule has 0 amide bonds. The first kappa shape index (κ1) is 16.0. The van der Waals surface area contributed by atoms with Crippen LogP contribution < -0.4 is 5.73 Å². The van der Waals surface area contributed by atoms with E-state index in [2.05, 4.69) is 35.8 Å². The van der Waals surface area contributed by atoms with Gasteiger partial charge in [-0.05, 0) is 42.9 Å². The van der Waals surface area contributed by atoms with Crippen LogP contribution in [0, 0.1) is 18.3 Å². The van der Waals surface area contributed by atoms with Gasteiger partial charge in [-0.15, -0.1) is 0 Å². The number of hydrogen-bond acceptors (Lipinski definition) is 2. The summed E-state index contributed by atoms with van der Waals surface area (Å²) < 4.78 is 1.09. The lowest BCUT2D eigenvalue weighted by Crippen LogP contribution is -2.41. The molecule has 0 spiro atoms. The Hall–Kier alpha value is -0.380. The highest BCUT2D eigenvalue weighted by Gasteiger charge is 2.41. The molecule has 0 bridgehead atoms. The quantitative estimate of drug-likeness (QED) is 0.857. The van der Waals surface area contributed by atoms with Crippen LogP contribution in [0.15, 0.2) is 22.7 Å². The molecule has 0 heterocycles. The number of aliphatic hydroxyl groups excluding tert-OH is 1. The van der Waals surface area contributed by atoms with Gasteiger partial charge in [0.05, 0.1) is 6.10 Å². The van der Waals surface area contributed by atoms with E-state index in [1.807, 2.05) is 12.1 Å². The third kappa shape index (κ3) is 3.10. The number of nitrogens with two attached hydrogens (primary N) is 1. The van der Waals surface area contributed by atoms with E-state index in [0.717, 1.165) is 28.4 Å². The van der Waals surface area contributed by atoms with Crippen molar-refractivity contribution in [1.29, 1.82) is 0 Å². The Morgan fingerprint density at radius 1 is 1.50 bits per heavy atom. The fourth-order valence-electron chi connectivity index (χ4n) is 3.61. The molecule has 3 heteroatoms. The van der Waals surface area contributed by atoms with Crippen molar-refractivity contribution in [3.8, 4) is 0 Å². The lowest BCUT2D eigenvalue weighted by Gasteiger charge is -2.43. The standard InChI is InChI=1S/C17H26BrNO/c1-3-13-5-4-8-17(10-13,11-19)16(20)14-6-7-15(18)12(2)9-14/h6-7,9,13,16,20H,3-5,8,10-11,19H2,1-2H3. The Labute approximate surface area is 130 Å². The zero-order valence-electron chi connectivity index (χ0n) is 12.5. The van der Waals surface area contributed by atoms with Crippen LogP contribution >= 0.6 is 15.9 Å². The molecule has 1 aromatic rings. The van der Waals surface area contributed by atoms with Crippen molar-refractivity contribution in [3.63, 3.8) is 0 Å². The summed E-state index contributed by atoms with van der Waals surface area (Å²) in [5.74, 6) is 0.707. The molecule has 0 aliphatic heterocycles. The second kappa shape index (κ2) is 6.59. The molecule has 1 saturated carbocycles. The third-order valence-corrected chi connectivity index (χ3v) is 5.93. The molecule has 3 atom stereocenters. The highest BCUT2D eigenvalue weighted by Crippen LogP contribution is 2.48. The van der Waals surface area contributed by atoms with Gasteiger partial charge >= 0.3 is 0 Å². The Bertz CT molecular complexity index is 462. The van der Waals surface area contributed by atoms with Gasteiger partial charge in [0.1, 0.15) is 0 Å². The van der Waals surface area contributed by atoms with Crippen molar-refractivity contribution in [2.75, 3.05) is 6.54 Å². The van der Waals surface area contributed by atoms with Crippen LogP contribution in [0.4, 0.5) is 0 Å². The molecule has 112 valence electrons. The second-order valence-electron chi connectivity index (χ2n) is 6.35. The summed E-state index contributed by atoms with van der Waals surface area (Å²) in [6, 6.07) is 6.13. The van der Waals surface area contributed by atoms with E-state index in [4.69, 9.17) is 5.73 Å². The monoisotopic (exact) mass is 339 g/mol. The maximum Gasteiger partial charge on any atom is 0.0858 e. The predicted octanol–water partition coefficient (Wildman–Crippen LogP) is 4.34. The average molecular weight is 340 g/mol. The van der Waals surface area contributed by atoms with Gasteiger partial charge < -0.3 is 10.8 Å². The topological polar surface area (TPSA) is 46.2 Å². The summed E-state index contributed by atoms with van der Waals surface area (Å²) >= 11 is 3.52. The van der Waals surface area contributed by atoms with Crippen LogP contribution in [-0.2, 0) is 0 Å². The molecule has 2 rings (SSSR count). The molecule has 0 saturated heterocycles. The summed E-state index contributed by atoms with van der Waals surface area (Å²) in [6.07, 6.45) is 5.29. The van der Waals surface area contributed by atoms with Crippen molar-refractivity contribution in [2.24, 2.45) is 17.1 Å². The number of benzene rings is 1. The van der Waals surface area contributed by atoms with Crippen LogP contribution in [0.3, 0.4) is 0 Å². The van der Waals surface area contributed by atoms with Gasteiger partial charge in [-0.25, -0.2) is 0 Å². The van der Waals surface area contributed by atoms with Crippen molar-refractivity contribution in [3.05, 3.63) is 33.8 Å². The molecule has 1 fully saturated rings. The van der Waals surface area contributed by atoms with Crippen LogP contribution in [-0.4, -0.2) is 11.7 Å². The Balaban J connectivity index is 2.27. The SMILES string of the molecule is CCC1CCCC(CN)(C(O)c2ccc(Br)c(C)c2)C1. The zero-order valence-corrected chi connectivity index (χ0v) is 14.1. The zero-order chi connectivity index (χ0) is 14.8. The van der Waals surface area contributed by atoms with E-state index < -0.39 is 6.10 Å². The van der Waals surface area contributed by atoms with E-state index in [1.54, 1.807) is 0 Å². The molecule has 1 aliphatic carbocycles. The molecule has 2 nitrogen and oxygen atoms in total. The van der Waals surface area contributed by atoms with Gasteiger partial charge in [-0.2, -0.15) is 0 Å². The number of aryl methyl sites for hydroxylation is 1. The molecule has 0 radical (unpaired) electrons. The normalized spacial score (nSPS) is 28.4. The van der Waals surface area contributed by atoms with Gasteiger partial charge in [0.2, 0.25) is 0 Å². The molecule has 1 aromatic carbocycles. The van der Waals surface area contributed by atoms with Crippen molar-refractivity contribution in [1.82, 2.24) is 0 Å². The molecule has 0 aromatic heterocycles. The number of halogens is 1. The molecule has 3 N–H and O–H groups in total. The van der Waals surface area contributed by atoms with Crippen molar-refractivity contribution in [2.45, 2.75) is 52.1 Å². The summed E-state index contributed by atoms with van der Waals surface area (Å²) in [5.41, 5.74) is 8.12. The minimum atomic E-state index is -0.450. The maximum absolute atomic E-state index is 10.9. The summed E-state index contributed by atoms with van der Waals surface area (Å²) in [7, 11) is 0. The fraction of sp³-hybridized carbons (Fsp3) is 0.647. The first-order chi connectivity index (χ1) is 9.52. The summed E-state index contributed by atoms with van der Waals surface area (Å²) in [4.78, 5) is 0. The average Bonchev–Trinajstić information content (AvgIpc) is 2.49. The van der Waals surface area contributed by atoms with Crippen LogP contribution in [0.25, 0.3) is 0 Å². The Kier molecular flexibility index (Phi) is 5.27. The van der Waals surface area contributed by atoms with Crippen LogP contribution in [0.5, 0.6) is 0 Å². The largest absolute Gasteiger partial charge is 0.388 e. The van der Waals surface area contributed by atoms with Gasteiger partial charge in [0.25, 0.3) is 0 Å². The molecular weight excluding hydrogens is 314 g/mol. The molecule has 20 heavy (non-hydrogen) atoms. The number of hydrogen-bond donors (Lipinski definition) is 2. The van der Waals surface area contributed by atoms with Crippen molar-refractivity contribution >= 4 is 15.9 Å². The van der Waals surface area contributed by atoms with Crippen LogP contribution in [0.1, 0.15) is 56.3 Å². The number of aliphatic hydroxyl groups is 1. The highest BCUT2D eigenvalue weighted by molar-refractivity contribution is 9.10. The van der Waals surface area contributed by atoms with Crippen molar-refractivity contribution < 1.29 is 5.11 Å². The first-order valence-corrected chi connectivity index (χ1v) is 8.46. The minimum absolute atomic E-state index is 0.140. The highest BCUT2D eigenvalue weighted by atomic mass is 79.9. The van der Waals surface area contributed by atoms with E-state index in [-0.39, 0.29) is 5.41 Å². The summed E-state index contributed by atoms with van der Waals surface area (Å²) in [5, 5.41) is 10.9. The van der Waals surface area contributed by atoms with E-state index in [0.29, 0.717) is 12.5 Å². The Morgan fingerprint density at radius 3 is 2.85 bits per heavy atom. The molecule has 1 aliphatic rings. The third-order valence-electron chi connectivity index (χ3n) is 5.04. The van der Waals surface area contributed by atoms with Gasteiger partial charge in [-0.1, -0.05) is 54.2 Å². The maximum atomic E-state index is 10.9. The van der Waals surface area contributed by atoms with Gasteiger partial charge in [0, 0.05) is 16.4 Å². The van der Waals surface area contributed by atoms with E-state index >= 15 is 0 Å². The lowest BCUT2D eigenvalue weighted by molar-refractivity contribution is -0.0162. The van der Waals surface area contributed by atoms with E-state index in [9.17, 15) is 5.11 Å².